The normalized spacial score (nSPS) is 12.4. The van der Waals surface area contributed by atoms with Gasteiger partial charge in [-0.1, -0.05) is 36.4 Å². The Morgan fingerprint density at radius 3 is 2.04 bits per heavy atom. The molecule has 24 heavy (non-hydrogen) atoms. The molecule has 3 aromatic carbocycles. The quantitative estimate of drug-likeness (QED) is 0.668. The molecule has 1 aliphatic rings. The van der Waals surface area contributed by atoms with E-state index >= 15 is 0 Å². The molecule has 4 nitrogen and oxygen atoms in total. The third-order valence-electron chi connectivity index (χ3n) is 4.08. The van der Waals surface area contributed by atoms with Crippen molar-refractivity contribution in [3.8, 4) is 0 Å². The molecule has 4 rings (SSSR count). The minimum atomic E-state index is -0.0210. The maximum Gasteiger partial charge on any atom is 0.251 e. The van der Waals surface area contributed by atoms with Crippen LogP contribution in [-0.2, 0) is 6.54 Å². The lowest BCUT2D eigenvalue weighted by molar-refractivity contribution is 0.0966. The van der Waals surface area contributed by atoms with Crippen LogP contribution in [-0.4, -0.2) is 5.91 Å². The van der Waals surface area contributed by atoms with Gasteiger partial charge in [0.2, 0.25) is 0 Å². The van der Waals surface area contributed by atoms with Crippen LogP contribution in [0, 0.1) is 0 Å². The Bertz CT molecular complexity index is 876. The molecule has 1 amide bonds. The molecular weight excluding hydrogens is 298 g/mol. The summed E-state index contributed by atoms with van der Waals surface area (Å²) in [5, 5.41) is 9.79. The highest BCUT2D eigenvalue weighted by Gasteiger charge is 2.24. The number of hydrogen-bond donors (Lipinski definition) is 3. The van der Waals surface area contributed by atoms with Crippen molar-refractivity contribution >= 4 is 28.7 Å². The molecule has 1 heterocycles. The summed E-state index contributed by atoms with van der Waals surface area (Å²) in [6, 6.07) is 23.8. The van der Waals surface area contributed by atoms with Crippen molar-refractivity contribution in [2.75, 3.05) is 10.6 Å². The second-order valence-electron chi connectivity index (χ2n) is 5.68. The number of carbonyl (C=O) groups is 1. The van der Waals surface area contributed by atoms with Crippen LogP contribution in [0.25, 0.3) is 0 Å². The smallest absolute Gasteiger partial charge is 0.251 e. The molecule has 0 aliphatic carbocycles. The van der Waals surface area contributed by atoms with Crippen molar-refractivity contribution < 1.29 is 4.79 Å². The van der Waals surface area contributed by atoms with Gasteiger partial charge in [0.1, 0.15) is 0 Å². The van der Waals surface area contributed by atoms with Gasteiger partial charge < -0.3 is 16.0 Å². The van der Waals surface area contributed by atoms with Crippen LogP contribution < -0.4 is 16.0 Å². The number of fused-ring (bicyclic) bond motifs is 1. The van der Waals surface area contributed by atoms with E-state index in [0.717, 1.165) is 33.9 Å². The number of carbonyl (C=O) groups excluding carboxylic acids is 1. The standard InChI is InChI=1S/C20H17N3O/c24-20-16-11-12-18(22-14-7-3-1-4-8-14)19(17(16)13-21-20)23-15-9-5-2-6-10-15/h1-12,22-23H,13H2,(H,21,24). The Labute approximate surface area is 140 Å². The van der Waals surface area contributed by atoms with Crippen molar-refractivity contribution in [3.63, 3.8) is 0 Å². The number of anilines is 4. The monoisotopic (exact) mass is 315 g/mol. The van der Waals surface area contributed by atoms with E-state index < -0.39 is 0 Å². The summed E-state index contributed by atoms with van der Waals surface area (Å²) in [7, 11) is 0. The summed E-state index contributed by atoms with van der Waals surface area (Å²) in [5.41, 5.74) is 5.59. The SMILES string of the molecule is O=C1NCc2c1ccc(Nc1ccccc1)c2Nc1ccccc1. The highest BCUT2D eigenvalue weighted by atomic mass is 16.1. The van der Waals surface area contributed by atoms with Crippen LogP contribution in [0.2, 0.25) is 0 Å². The molecule has 0 unspecified atom stereocenters. The predicted molar refractivity (Wildman–Crippen MR) is 97.1 cm³/mol. The second kappa shape index (κ2) is 6.08. The largest absolute Gasteiger partial charge is 0.354 e. The Kier molecular flexibility index (Phi) is 3.63. The van der Waals surface area contributed by atoms with Crippen LogP contribution in [0.5, 0.6) is 0 Å². The molecule has 0 saturated heterocycles. The summed E-state index contributed by atoms with van der Waals surface area (Å²) >= 11 is 0. The second-order valence-corrected chi connectivity index (χ2v) is 5.68. The average Bonchev–Trinajstić information content (AvgIpc) is 3.00. The van der Waals surface area contributed by atoms with Crippen LogP contribution in [0.1, 0.15) is 15.9 Å². The Morgan fingerprint density at radius 1 is 0.750 bits per heavy atom. The van der Waals surface area contributed by atoms with Crippen LogP contribution >= 0.6 is 0 Å². The van der Waals surface area contributed by atoms with Gasteiger partial charge in [-0.25, -0.2) is 0 Å². The number of hydrogen-bond acceptors (Lipinski definition) is 3. The molecule has 0 aromatic heterocycles. The highest BCUT2D eigenvalue weighted by Crippen LogP contribution is 2.35. The van der Waals surface area contributed by atoms with E-state index in [-0.39, 0.29) is 5.91 Å². The minimum absolute atomic E-state index is 0.0210. The van der Waals surface area contributed by atoms with Gasteiger partial charge in [-0.2, -0.15) is 0 Å². The maximum absolute atomic E-state index is 12.0. The lowest BCUT2D eigenvalue weighted by Crippen LogP contribution is -2.12. The first kappa shape index (κ1) is 14.3. The molecule has 0 spiro atoms. The number of benzene rings is 3. The maximum atomic E-state index is 12.0. The minimum Gasteiger partial charge on any atom is -0.354 e. The van der Waals surface area contributed by atoms with Crippen LogP contribution in [0.4, 0.5) is 22.7 Å². The summed E-state index contributed by atoms with van der Waals surface area (Å²) in [6.45, 7) is 0.535. The molecule has 118 valence electrons. The van der Waals surface area contributed by atoms with Crippen molar-refractivity contribution in [2.45, 2.75) is 6.54 Å². The van der Waals surface area contributed by atoms with Crippen molar-refractivity contribution in [1.82, 2.24) is 5.32 Å². The molecule has 0 bridgehead atoms. The zero-order chi connectivity index (χ0) is 16.4. The van der Waals surface area contributed by atoms with Gasteiger partial charge in [0, 0.05) is 29.0 Å². The van der Waals surface area contributed by atoms with Gasteiger partial charge >= 0.3 is 0 Å². The average molecular weight is 315 g/mol. The van der Waals surface area contributed by atoms with E-state index in [1.165, 1.54) is 0 Å². The van der Waals surface area contributed by atoms with Gasteiger partial charge in [-0.05, 0) is 36.4 Å². The Balaban J connectivity index is 1.77. The first-order chi connectivity index (χ1) is 11.8. The lowest BCUT2D eigenvalue weighted by Gasteiger charge is -2.17. The van der Waals surface area contributed by atoms with Crippen LogP contribution in [0.15, 0.2) is 72.8 Å². The molecule has 0 saturated carbocycles. The molecule has 0 atom stereocenters. The van der Waals surface area contributed by atoms with Crippen molar-refractivity contribution in [3.05, 3.63) is 83.9 Å². The van der Waals surface area contributed by atoms with Crippen molar-refractivity contribution in [2.24, 2.45) is 0 Å². The molecular formula is C20H17N3O. The molecule has 3 N–H and O–H groups in total. The third-order valence-corrected chi connectivity index (χ3v) is 4.08. The van der Waals surface area contributed by atoms with Gasteiger partial charge in [-0.15, -0.1) is 0 Å². The Morgan fingerprint density at radius 2 is 1.38 bits per heavy atom. The zero-order valence-electron chi connectivity index (χ0n) is 13.0. The lowest BCUT2D eigenvalue weighted by atomic mass is 10.1. The fourth-order valence-corrected chi connectivity index (χ4v) is 2.90. The summed E-state index contributed by atoms with van der Waals surface area (Å²) in [4.78, 5) is 12.0. The number of rotatable bonds is 4. The molecule has 1 aliphatic heterocycles. The van der Waals surface area contributed by atoms with Crippen LogP contribution in [0.3, 0.4) is 0 Å². The highest BCUT2D eigenvalue weighted by molar-refractivity contribution is 6.02. The topological polar surface area (TPSA) is 53.2 Å². The fourth-order valence-electron chi connectivity index (χ4n) is 2.90. The number of nitrogens with one attached hydrogen (secondary N) is 3. The number of amides is 1. The van der Waals surface area contributed by atoms with E-state index in [4.69, 9.17) is 0 Å². The van der Waals surface area contributed by atoms with E-state index in [1.807, 2.05) is 72.8 Å². The fraction of sp³-hybridized carbons (Fsp3) is 0.0500. The predicted octanol–water partition coefficient (Wildman–Crippen LogP) is 4.42. The van der Waals surface area contributed by atoms with E-state index in [0.29, 0.717) is 6.54 Å². The summed E-state index contributed by atoms with van der Waals surface area (Å²) in [5.74, 6) is -0.0210. The van der Waals surface area contributed by atoms with E-state index in [2.05, 4.69) is 16.0 Å². The summed E-state index contributed by atoms with van der Waals surface area (Å²) < 4.78 is 0. The summed E-state index contributed by atoms with van der Waals surface area (Å²) in [6.07, 6.45) is 0. The molecule has 3 aromatic rings. The molecule has 4 heteroatoms. The van der Waals surface area contributed by atoms with Gasteiger partial charge in [-0.3, -0.25) is 4.79 Å². The van der Waals surface area contributed by atoms with E-state index in [1.54, 1.807) is 0 Å². The number of para-hydroxylation sites is 2. The zero-order valence-corrected chi connectivity index (χ0v) is 13.0. The van der Waals surface area contributed by atoms with Gasteiger partial charge in [0.15, 0.2) is 0 Å². The molecule has 0 fully saturated rings. The van der Waals surface area contributed by atoms with Gasteiger partial charge in [0.05, 0.1) is 11.4 Å². The third kappa shape index (κ3) is 2.70. The first-order valence-corrected chi connectivity index (χ1v) is 7.89. The first-order valence-electron chi connectivity index (χ1n) is 7.89. The molecule has 0 radical (unpaired) electrons. The van der Waals surface area contributed by atoms with Crippen molar-refractivity contribution in [1.29, 1.82) is 0 Å². The van der Waals surface area contributed by atoms with E-state index in [9.17, 15) is 4.79 Å². The van der Waals surface area contributed by atoms with Gasteiger partial charge in [0.25, 0.3) is 5.91 Å². The Hall–Kier alpha value is -3.27.